The Kier molecular flexibility index (Phi) is 4.08. The van der Waals surface area contributed by atoms with Crippen LogP contribution in [0.3, 0.4) is 0 Å². The number of rotatable bonds is 5. The number of likely N-dealkylation sites (tertiary alicyclic amines) is 1. The second-order valence-corrected chi connectivity index (χ2v) is 6.65. The van der Waals surface area contributed by atoms with Gasteiger partial charge < -0.3 is 4.74 Å². The molecule has 0 amide bonds. The molecule has 0 spiro atoms. The van der Waals surface area contributed by atoms with E-state index in [1.54, 1.807) is 12.1 Å². The third-order valence-corrected chi connectivity index (χ3v) is 4.54. The summed E-state index contributed by atoms with van der Waals surface area (Å²) in [6.45, 7) is 7.32. The van der Waals surface area contributed by atoms with Gasteiger partial charge in [-0.25, -0.2) is 4.39 Å². The first-order valence-corrected chi connectivity index (χ1v) is 7.73. The maximum absolute atomic E-state index is 13.0. The zero-order chi connectivity index (χ0) is 14.1. The molecule has 3 atom stereocenters. The van der Waals surface area contributed by atoms with Gasteiger partial charge >= 0.3 is 0 Å². The second kappa shape index (κ2) is 5.82. The van der Waals surface area contributed by atoms with E-state index in [4.69, 9.17) is 4.74 Å². The van der Waals surface area contributed by atoms with Crippen LogP contribution in [0, 0.1) is 17.7 Å². The van der Waals surface area contributed by atoms with E-state index in [0.29, 0.717) is 24.0 Å². The van der Waals surface area contributed by atoms with Gasteiger partial charge in [0.15, 0.2) is 0 Å². The minimum Gasteiger partial charge on any atom is -0.376 e. The molecule has 2 nitrogen and oxygen atoms in total. The van der Waals surface area contributed by atoms with Gasteiger partial charge in [0.25, 0.3) is 0 Å². The van der Waals surface area contributed by atoms with Crippen molar-refractivity contribution in [3.8, 4) is 0 Å². The molecule has 1 heterocycles. The van der Waals surface area contributed by atoms with Crippen LogP contribution in [0.1, 0.15) is 32.3 Å². The Morgan fingerprint density at radius 2 is 2.00 bits per heavy atom. The van der Waals surface area contributed by atoms with Crippen LogP contribution in [0.25, 0.3) is 0 Å². The van der Waals surface area contributed by atoms with Crippen molar-refractivity contribution in [1.29, 1.82) is 0 Å². The summed E-state index contributed by atoms with van der Waals surface area (Å²) in [6.07, 6.45) is 2.96. The second-order valence-electron chi connectivity index (χ2n) is 6.65. The highest BCUT2D eigenvalue weighted by Crippen LogP contribution is 2.40. The molecule has 0 radical (unpaired) electrons. The van der Waals surface area contributed by atoms with Crippen molar-refractivity contribution in [2.24, 2.45) is 11.8 Å². The van der Waals surface area contributed by atoms with Gasteiger partial charge in [-0.1, -0.05) is 26.0 Å². The summed E-state index contributed by atoms with van der Waals surface area (Å²) in [7, 11) is 0. The van der Waals surface area contributed by atoms with Gasteiger partial charge in [0.05, 0.1) is 6.10 Å². The van der Waals surface area contributed by atoms with Crippen molar-refractivity contribution in [1.82, 2.24) is 4.90 Å². The number of benzene rings is 1. The topological polar surface area (TPSA) is 12.5 Å². The van der Waals surface area contributed by atoms with Gasteiger partial charge in [0.1, 0.15) is 5.82 Å². The monoisotopic (exact) mass is 277 g/mol. The largest absolute Gasteiger partial charge is 0.376 e. The molecule has 1 aromatic carbocycles. The molecule has 1 aliphatic carbocycles. The van der Waals surface area contributed by atoms with E-state index >= 15 is 0 Å². The van der Waals surface area contributed by atoms with E-state index in [0.717, 1.165) is 19.7 Å². The van der Waals surface area contributed by atoms with Crippen LogP contribution >= 0.6 is 0 Å². The number of hydrogen-bond donors (Lipinski definition) is 0. The van der Waals surface area contributed by atoms with E-state index in [1.165, 1.54) is 18.4 Å². The SMILES string of the molecule is CC(C)COC1C2CCC1N(Cc1ccc(F)cc1)C2. The van der Waals surface area contributed by atoms with E-state index < -0.39 is 0 Å². The maximum Gasteiger partial charge on any atom is 0.123 e. The molecule has 3 rings (SSSR count). The first-order chi connectivity index (χ1) is 9.63. The highest BCUT2D eigenvalue weighted by molar-refractivity contribution is 5.17. The molecule has 1 saturated heterocycles. The number of piperidine rings is 1. The summed E-state index contributed by atoms with van der Waals surface area (Å²) in [4.78, 5) is 2.52. The van der Waals surface area contributed by atoms with E-state index in [2.05, 4.69) is 18.7 Å². The van der Waals surface area contributed by atoms with Crippen LogP contribution in [0.2, 0.25) is 0 Å². The molecule has 0 aromatic heterocycles. The lowest BCUT2D eigenvalue weighted by Crippen LogP contribution is -2.35. The van der Waals surface area contributed by atoms with E-state index in [1.807, 2.05) is 12.1 Å². The zero-order valence-corrected chi connectivity index (χ0v) is 12.4. The quantitative estimate of drug-likeness (QED) is 0.817. The zero-order valence-electron chi connectivity index (χ0n) is 12.4. The van der Waals surface area contributed by atoms with Crippen molar-refractivity contribution in [2.75, 3.05) is 13.2 Å². The first kappa shape index (κ1) is 14.0. The number of fused-ring (bicyclic) bond motifs is 2. The van der Waals surface area contributed by atoms with Gasteiger partial charge in [-0.05, 0) is 42.4 Å². The minimum absolute atomic E-state index is 0.158. The fraction of sp³-hybridized carbons (Fsp3) is 0.647. The highest BCUT2D eigenvalue weighted by atomic mass is 19.1. The molecule has 1 aliphatic heterocycles. The van der Waals surface area contributed by atoms with Crippen LogP contribution in [0.5, 0.6) is 0 Å². The molecule has 20 heavy (non-hydrogen) atoms. The fourth-order valence-electron chi connectivity index (χ4n) is 3.61. The number of ether oxygens (including phenoxy) is 1. The Labute approximate surface area is 120 Å². The Balaban J connectivity index is 1.61. The van der Waals surface area contributed by atoms with Crippen molar-refractivity contribution >= 4 is 0 Å². The van der Waals surface area contributed by atoms with Crippen molar-refractivity contribution in [3.05, 3.63) is 35.6 Å². The van der Waals surface area contributed by atoms with Crippen molar-refractivity contribution < 1.29 is 9.13 Å². The Hall–Kier alpha value is -0.930. The molecule has 2 bridgehead atoms. The van der Waals surface area contributed by atoms with E-state index in [9.17, 15) is 4.39 Å². The fourth-order valence-corrected chi connectivity index (χ4v) is 3.61. The summed E-state index contributed by atoms with van der Waals surface area (Å²) in [5, 5.41) is 0. The standard InChI is InChI=1S/C17H24FNO/c1-12(2)11-20-17-14-5-8-16(17)19(10-14)9-13-3-6-15(18)7-4-13/h3-4,6-7,12,14,16-17H,5,8-11H2,1-2H3. The predicted molar refractivity (Wildman–Crippen MR) is 77.9 cm³/mol. The molecule has 2 aliphatic rings. The molecule has 1 aromatic rings. The van der Waals surface area contributed by atoms with Gasteiger partial charge in [0.2, 0.25) is 0 Å². The summed E-state index contributed by atoms with van der Waals surface area (Å²) in [6, 6.07) is 7.45. The Morgan fingerprint density at radius 3 is 2.70 bits per heavy atom. The normalized spacial score (nSPS) is 29.5. The molecule has 2 fully saturated rings. The molecule has 1 saturated carbocycles. The van der Waals surface area contributed by atoms with Crippen LogP contribution in [0.4, 0.5) is 4.39 Å². The van der Waals surface area contributed by atoms with E-state index in [-0.39, 0.29) is 5.82 Å². The summed E-state index contributed by atoms with van der Waals surface area (Å²) in [5.74, 6) is 1.13. The maximum atomic E-state index is 13.0. The lowest BCUT2D eigenvalue weighted by Gasteiger charge is -2.27. The molecular weight excluding hydrogens is 253 g/mol. The first-order valence-electron chi connectivity index (χ1n) is 7.73. The average molecular weight is 277 g/mol. The lowest BCUT2D eigenvalue weighted by molar-refractivity contribution is 0.0123. The van der Waals surface area contributed by atoms with Gasteiger partial charge in [-0.15, -0.1) is 0 Å². The molecular formula is C17H24FNO. The smallest absolute Gasteiger partial charge is 0.123 e. The van der Waals surface area contributed by atoms with Crippen molar-refractivity contribution in [3.63, 3.8) is 0 Å². The number of halogens is 1. The van der Waals surface area contributed by atoms with Crippen LogP contribution in [-0.2, 0) is 11.3 Å². The predicted octanol–water partition coefficient (Wildman–Crippen LogP) is 3.46. The van der Waals surface area contributed by atoms with Gasteiger partial charge in [-0.3, -0.25) is 4.90 Å². The third-order valence-electron chi connectivity index (χ3n) is 4.54. The summed E-state index contributed by atoms with van der Waals surface area (Å²) >= 11 is 0. The van der Waals surface area contributed by atoms with Crippen LogP contribution < -0.4 is 0 Å². The highest BCUT2D eigenvalue weighted by Gasteiger charge is 2.47. The number of hydrogen-bond acceptors (Lipinski definition) is 2. The Bertz CT molecular complexity index is 445. The number of nitrogens with zero attached hydrogens (tertiary/aromatic N) is 1. The minimum atomic E-state index is -0.158. The average Bonchev–Trinajstić information content (AvgIpc) is 2.95. The molecule has 3 unspecified atom stereocenters. The third kappa shape index (κ3) is 2.89. The van der Waals surface area contributed by atoms with Crippen LogP contribution in [0.15, 0.2) is 24.3 Å². The molecule has 3 heteroatoms. The Morgan fingerprint density at radius 1 is 1.25 bits per heavy atom. The van der Waals surface area contributed by atoms with Gasteiger partial charge in [0, 0.05) is 25.7 Å². The summed E-state index contributed by atoms with van der Waals surface area (Å²) in [5.41, 5.74) is 1.20. The summed E-state index contributed by atoms with van der Waals surface area (Å²) < 4.78 is 19.1. The lowest BCUT2D eigenvalue weighted by atomic mass is 10.1. The molecule has 0 N–H and O–H groups in total. The van der Waals surface area contributed by atoms with Crippen LogP contribution in [-0.4, -0.2) is 30.2 Å². The van der Waals surface area contributed by atoms with Crippen molar-refractivity contribution in [2.45, 2.75) is 45.4 Å². The van der Waals surface area contributed by atoms with Gasteiger partial charge in [-0.2, -0.15) is 0 Å². The molecule has 110 valence electrons.